The molecule has 1 aromatic carbocycles. The molecule has 0 aliphatic heterocycles. The Kier molecular flexibility index (Phi) is 4.34. The first-order valence-electron chi connectivity index (χ1n) is 8.09. The van der Waals surface area contributed by atoms with Crippen LogP contribution >= 0.6 is 0 Å². The van der Waals surface area contributed by atoms with Crippen LogP contribution in [0.3, 0.4) is 0 Å². The van der Waals surface area contributed by atoms with E-state index in [9.17, 15) is 9.18 Å². The van der Waals surface area contributed by atoms with Crippen molar-refractivity contribution in [2.24, 2.45) is 0 Å². The highest BCUT2D eigenvalue weighted by molar-refractivity contribution is 5.99. The minimum Gasteiger partial charge on any atom is -0.382 e. The Morgan fingerprint density at radius 2 is 2.08 bits per heavy atom. The molecule has 0 aliphatic rings. The van der Waals surface area contributed by atoms with E-state index in [-0.39, 0.29) is 17.4 Å². The van der Waals surface area contributed by atoms with E-state index in [1.165, 1.54) is 6.07 Å². The van der Waals surface area contributed by atoms with Crippen molar-refractivity contribution >= 4 is 17.2 Å². The van der Waals surface area contributed by atoms with Gasteiger partial charge in [0.15, 0.2) is 11.6 Å². The molecule has 0 unspecified atom stereocenters. The van der Waals surface area contributed by atoms with Crippen molar-refractivity contribution in [3.05, 3.63) is 53.6 Å². The van der Waals surface area contributed by atoms with Crippen LogP contribution < -0.4 is 5.73 Å². The van der Waals surface area contributed by atoms with Gasteiger partial charge in [-0.25, -0.2) is 9.37 Å². The van der Waals surface area contributed by atoms with E-state index in [0.29, 0.717) is 23.3 Å². The maximum atomic E-state index is 13.8. The second kappa shape index (κ2) is 6.43. The fraction of sp³-hybridized carbons (Fsp3) is 0.263. The van der Waals surface area contributed by atoms with E-state index in [1.54, 1.807) is 29.7 Å². The molecule has 0 saturated carbocycles. The van der Waals surface area contributed by atoms with Crippen LogP contribution in [0, 0.1) is 12.7 Å². The molecule has 2 aromatic heterocycles. The minimum atomic E-state index is -0.253. The highest BCUT2D eigenvalue weighted by Gasteiger charge is 2.18. The molecule has 4 nitrogen and oxygen atoms in total. The third kappa shape index (κ3) is 2.77. The number of nitrogen functional groups attached to an aromatic ring is 1. The van der Waals surface area contributed by atoms with Crippen molar-refractivity contribution in [3.8, 4) is 11.1 Å². The molecule has 2 heterocycles. The number of aromatic nitrogens is 2. The zero-order chi connectivity index (χ0) is 17.3. The van der Waals surface area contributed by atoms with Crippen molar-refractivity contribution < 1.29 is 9.18 Å². The number of benzene rings is 1. The van der Waals surface area contributed by atoms with Gasteiger partial charge in [0.2, 0.25) is 0 Å². The van der Waals surface area contributed by atoms with E-state index in [4.69, 9.17) is 5.73 Å². The van der Waals surface area contributed by atoms with Crippen molar-refractivity contribution in [2.45, 2.75) is 33.1 Å². The van der Waals surface area contributed by atoms with E-state index in [1.807, 2.05) is 19.1 Å². The molecule has 0 amide bonds. The first kappa shape index (κ1) is 16.2. The van der Waals surface area contributed by atoms with Crippen LogP contribution in [0.2, 0.25) is 0 Å². The van der Waals surface area contributed by atoms with Crippen molar-refractivity contribution in [1.29, 1.82) is 0 Å². The summed E-state index contributed by atoms with van der Waals surface area (Å²) in [7, 11) is 0. The number of pyridine rings is 1. The second-order valence-corrected chi connectivity index (χ2v) is 5.93. The van der Waals surface area contributed by atoms with E-state index >= 15 is 0 Å². The molecule has 0 bridgehead atoms. The van der Waals surface area contributed by atoms with Crippen molar-refractivity contribution in [3.63, 3.8) is 0 Å². The summed E-state index contributed by atoms with van der Waals surface area (Å²) in [5.41, 5.74) is 9.17. The summed E-state index contributed by atoms with van der Waals surface area (Å²) in [4.78, 5) is 16.7. The molecule has 0 atom stereocenters. The predicted molar refractivity (Wildman–Crippen MR) is 93.6 cm³/mol. The fourth-order valence-corrected chi connectivity index (χ4v) is 2.88. The third-order valence-electron chi connectivity index (χ3n) is 4.25. The number of nitrogens with zero attached hydrogens (tertiary/aromatic N) is 2. The van der Waals surface area contributed by atoms with Crippen LogP contribution in [0.1, 0.15) is 42.2 Å². The van der Waals surface area contributed by atoms with Crippen molar-refractivity contribution in [1.82, 2.24) is 9.38 Å². The molecule has 0 fully saturated rings. The van der Waals surface area contributed by atoms with E-state index in [2.05, 4.69) is 4.98 Å². The average molecular weight is 325 g/mol. The summed E-state index contributed by atoms with van der Waals surface area (Å²) < 4.78 is 15.6. The molecule has 0 radical (unpaired) electrons. The van der Waals surface area contributed by atoms with Gasteiger partial charge in [-0.3, -0.25) is 9.20 Å². The highest BCUT2D eigenvalue weighted by Crippen LogP contribution is 2.27. The molecule has 0 aliphatic carbocycles. The van der Waals surface area contributed by atoms with Gasteiger partial charge in [-0.15, -0.1) is 0 Å². The largest absolute Gasteiger partial charge is 0.382 e. The summed E-state index contributed by atoms with van der Waals surface area (Å²) in [6.07, 6.45) is 4.00. The van der Waals surface area contributed by atoms with Gasteiger partial charge in [0.1, 0.15) is 17.2 Å². The van der Waals surface area contributed by atoms with E-state index in [0.717, 1.165) is 24.0 Å². The standard InChI is InChI=1S/C19H20FN3O/c1-3-4-8-16(24)18-19(21)22-17-10-9-13(11-23(17)18)14-6-5-7-15(20)12(14)2/h5-7,9-11H,3-4,8,21H2,1-2H3. The number of ketones is 1. The quantitative estimate of drug-likeness (QED) is 0.707. The van der Waals surface area contributed by atoms with Gasteiger partial charge in [-0.1, -0.05) is 25.5 Å². The summed E-state index contributed by atoms with van der Waals surface area (Å²) in [6, 6.07) is 8.64. The molecule has 124 valence electrons. The van der Waals surface area contributed by atoms with Crippen LogP contribution in [-0.2, 0) is 0 Å². The third-order valence-corrected chi connectivity index (χ3v) is 4.25. The Bertz CT molecular complexity index is 914. The van der Waals surface area contributed by atoms with Crippen LogP contribution in [0.15, 0.2) is 36.5 Å². The Morgan fingerprint density at radius 3 is 2.83 bits per heavy atom. The lowest BCUT2D eigenvalue weighted by molar-refractivity contribution is 0.0975. The first-order valence-corrected chi connectivity index (χ1v) is 8.09. The normalized spacial score (nSPS) is 11.1. The number of carbonyl (C=O) groups is 1. The minimum absolute atomic E-state index is 0.0186. The number of carbonyl (C=O) groups excluding carboxylic acids is 1. The van der Waals surface area contributed by atoms with Gasteiger partial charge in [-0.05, 0) is 48.2 Å². The molecule has 0 saturated heterocycles. The lowest BCUT2D eigenvalue weighted by Gasteiger charge is -2.08. The molecule has 2 N–H and O–H groups in total. The maximum absolute atomic E-state index is 13.8. The summed E-state index contributed by atoms with van der Waals surface area (Å²) in [5, 5.41) is 0. The molecular weight excluding hydrogens is 305 g/mol. The number of halogens is 1. The smallest absolute Gasteiger partial charge is 0.183 e. The van der Waals surface area contributed by atoms with Crippen LogP contribution in [0.5, 0.6) is 0 Å². The van der Waals surface area contributed by atoms with Gasteiger partial charge >= 0.3 is 0 Å². The molecule has 24 heavy (non-hydrogen) atoms. The summed E-state index contributed by atoms with van der Waals surface area (Å²) >= 11 is 0. The monoisotopic (exact) mass is 325 g/mol. The van der Waals surface area contributed by atoms with Crippen LogP contribution in [0.25, 0.3) is 16.8 Å². The molecule has 5 heteroatoms. The molecule has 0 spiro atoms. The number of nitrogens with two attached hydrogens (primary N) is 1. The Labute approximate surface area is 140 Å². The number of hydrogen-bond donors (Lipinski definition) is 1. The molecule has 3 aromatic rings. The number of hydrogen-bond acceptors (Lipinski definition) is 3. The Morgan fingerprint density at radius 1 is 1.29 bits per heavy atom. The Balaban J connectivity index is 2.13. The van der Waals surface area contributed by atoms with Gasteiger partial charge in [0, 0.05) is 12.6 Å². The van der Waals surface area contributed by atoms with Crippen molar-refractivity contribution in [2.75, 3.05) is 5.73 Å². The number of unbranched alkanes of at least 4 members (excludes halogenated alkanes) is 1. The lowest BCUT2D eigenvalue weighted by atomic mass is 10.0. The predicted octanol–water partition coefficient (Wildman–Crippen LogP) is 4.40. The first-order chi connectivity index (χ1) is 11.5. The van der Waals surface area contributed by atoms with Gasteiger partial charge < -0.3 is 5.73 Å². The zero-order valence-corrected chi connectivity index (χ0v) is 13.8. The topological polar surface area (TPSA) is 60.4 Å². The average Bonchev–Trinajstić information content (AvgIpc) is 2.90. The van der Waals surface area contributed by atoms with E-state index < -0.39 is 0 Å². The van der Waals surface area contributed by atoms with Crippen LogP contribution in [-0.4, -0.2) is 15.2 Å². The SMILES string of the molecule is CCCCC(=O)c1c(N)nc2ccc(-c3cccc(F)c3C)cn12. The van der Waals surface area contributed by atoms with Gasteiger partial charge in [-0.2, -0.15) is 0 Å². The summed E-state index contributed by atoms with van der Waals surface area (Å²) in [6.45, 7) is 3.78. The maximum Gasteiger partial charge on any atom is 0.183 e. The van der Waals surface area contributed by atoms with Gasteiger partial charge in [0.05, 0.1) is 0 Å². The zero-order valence-electron chi connectivity index (χ0n) is 13.8. The molecule has 3 rings (SSSR count). The lowest BCUT2D eigenvalue weighted by Crippen LogP contribution is -2.06. The van der Waals surface area contributed by atoms with Gasteiger partial charge in [0.25, 0.3) is 0 Å². The second-order valence-electron chi connectivity index (χ2n) is 5.93. The fourth-order valence-electron chi connectivity index (χ4n) is 2.88. The number of imidazole rings is 1. The molecular formula is C19H20FN3O. The number of rotatable bonds is 5. The highest BCUT2D eigenvalue weighted by atomic mass is 19.1. The number of fused-ring (bicyclic) bond motifs is 1. The Hall–Kier alpha value is -2.69. The summed E-state index contributed by atoms with van der Waals surface area (Å²) in [5.74, 6) is -0.0313. The van der Waals surface area contributed by atoms with Crippen LogP contribution in [0.4, 0.5) is 10.2 Å². The number of anilines is 1. The number of Topliss-reactive ketones (excluding diaryl/α,β-unsaturated/α-hetero) is 1.